The number of methoxy groups -OCH3 is 4. The maximum absolute atomic E-state index is 13.0. The van der Waals surface area contributed by atoms with E-state index in [-0.39, 0.29) is 45.2 Å². The summed E-state index contributed by atoms with van der Waals surface area (Å²) in [7, 11) is 5.69. The highest BCUT2D eigenvalue weighted by molar-refractivity contribution is 5.96. The molecule has 0 atom stereocenters. The number of ether oxygens (including phenoxy) is 5. The molecule has 152 valence electrons. The van der Waals surface area contributed by atoms with Crippen LogP contribution in [0.2, 0.25) is 0 Å². The Bertz CT molecular complexity index is 594. The molecule has 0 unspecified atom stereocenters. The topological polar surface area (TPSA) is 104 Å². The molecule has 0 aromatic heterocycles. The molecule has 1 aromatic carbocycles. The van der Waals surface area contributed by atoms with Crippen LogP contribution in [0.25, 0.3) is 0 Å². The van der Waals surface area contributed by atoms with Crippen molar-refractivity contribution in [3.8, 4) is 17.2 Å². The molecule has 9 nitrogen and oxygen atoms in total. The third kappa shape index (κ3) is 6.61. The zero-order chi connectivity index (χ0) is 20.2. The standard InChI is InChI=1S/C18H27NO8/c1-23-14-11-13(12-15(24-2)17(14)26-4)18(22)19(6-5-16(21)25-3)7-9-27-10-8-20/h11-12,20H,5-10H2,1-4H3. The average Bonchev–Trinajstić information content (AvgIpc) is 2.71. The summed E-state index contributed by atoms with van der Waals surface area (Å²) < 4.78 is 25.7. The van der Waals surface area contributed by atoms with E-state index in [1.54, 1.807) is 12.1 Å². The Morgan fingerprint density at radius 2 is 1.59 bits per heavy atom. The number of aliphatic hydroxyl groups excluding tert-OH is 1. The van der Waals surface area contributed by atoms with Gasteiger partial charge in [0, 0.05) is 18.7 Å². The van der Waals surface area contributed by atoms with Gasteiger partial charge in [-0.3, -0.25) is 9.59 Å². The molecule has 0 aliphatic carbocycles. The Morgan fingerprint density at radius 3 is 2.07 bits per heavy atom. The van der Waals surface area contributed by atoms with Gasteiger partial charge in [0.1, 0.15) is 0 Å². The first-order valence-electron chi connectivity index (χ1n) is 8.37. The van der Waals surface area contributed by atoms with Gasteiger partial charge in [0.2, 0.25) is 5.75 Å². The van der Waals surface area contributed by atoms with E-state index in [9.17, 15) is 9.59 Å². The minimum atomic E-state index is -0.422. The Labute approximate surface area is 158 Å². The van der Waals surface area contributed by atoms with Gasteiger partial charge in [-0.1, -0.05) is 0 Å². The van der Waals surface area contributed by atoms with E-state index in [4.69, 9.17) is 24.1 Å². The lowest BCUT2D eigenvalue weighted by Gasteiger charge is -2.23. The van der Waals surface area contributed by atoms with Crippen molar-refractivity contribution in [2.75, 3.05) is 61.3 Å². The summed E-state index contributed by atoms with van der Waals surface area (Å²) in [5.74, 6) is 0.331. The summed E-state index contributed by atoms with van der Waals surface area (Å²) in [6.45, 7) is 0.682. The Morgan fingerprint density at radius 1 is 0.963 bits per heavy atom. The van der Waals surface area contributed by atoms with Crippen LogP contribution in [0.15, 0.2) is 12.1 Å². The number of rotatable bonds is 12. The maximum atomic E-state index is 13.0. The van der Waals surface area contributed by atoms with Gasteiger partial charge in [-0.25, -0.2) is 0 Å². The average molecular weight is 385 g/mol. The Balaban J connectivity index is 3.05. The van der Waals surface area contributed by atoms with Crippen molar-refractivity contribution in [2.24, 2.45) is 0 Å². The molecule has 1 N–H and O–H groups in total. The van der Waals surface area contributed by atoms with Crippen molar-refractivity contribution >= 4 is 11.9 Å². The van der Waals surface area contributed by atoms with E-state index in [0.29, 0.717) is 22.8 Å². The number of carbonyl (C=O) groups is 2. The van der Waals surface area contributed by atoms with E-state index in [1.165, 1.54) is 33.3 Å². The first-order chi connectivity index (χ1) is 13.0. The van der Waals surface area contributed by atoms with Crippen LogP contribution in [-0.4, -0.2) is 83.2 Å². The number of esters is 1. The van der Waals surface area contributed by atoms with Crippen molar-refractivity contribution in [3.63, 3.8) is 0 Å². The van der Waals surface area contributed by atoms with E-state index in [1.807, 2.05) is 0 Å². The maximum Gasteiger partial charge on any atom is 0.307 e. The van der Waals surface area contributed by atoms with Gasteiger partial charge in [0.05, 0.1) is 54.7 Å². The summed E-state index contributed by atoms with van der Waals surface area (Å²) in [6, 6.07) is 3.09. The van der Waals surface area contributed by atoms with Crippen LogP contribution in [0, 0.1) is 0 Å². The van der Waals surface area contributed by atoms with E-state index >= 15 is 0 Å². The first kappa shape index (κ1) is 22.5. The second-order valence-corrected chi connectivity index (χ2v) is 5.37. The van der Waals surface area contributed by atoms with Gasteiger partial charge in [0.15, 0.2) is 11.5 Å². The molecule has 1 rings (SSSR count). The molecule has 0 spiro atoms. The molecule has 0 fully saturated rings. The number of hydrogen-bond donors (Lipinski definition) is 1. The molecule has 0 heterocycles. The summed E-state index contributed by atoms with van der Waals surface area (Å²) in [5, 5.41) is 8.79. The number of amides is 1. The highest BCUT2D eigenvalue weighted by Gasteiger charge is 2.22. The van der Waals surface area contributed by atoms with E-state index in [0.717, 1.165) is 0 Å². The summed E-state index contributed by atoms with van der Waals surface area (Å²) in [6.07, 6.45) is 0.0483. The molecular formula is C18H27NO8. The van der Waals surface area contributed by atoms with E-state index < -0.39 is 5.97 Å². The van der Waals surface area contributed by atoms with E-state index in [2.05, 4.69) is 4.74 Å². The molecule has 0 bridgehead atoms. The van der Waals surface area contributed by atoms with Crippen LogP contribution in [-0.2, 0) is 14.3 Å². The molecule has 0 radical (unpaired) electrons. The fourth-order valence-corrected chi connectivity index (χ4v) is 2.37. The fourth-order valence-electron chi connectivity index (χ4n) is 2.37. The van der Waals surface area contributed by atoms with Crippen LogP contribution in [0.4, 0.5) is 0 Å². The molecule has 27 heavy (non-hydrogen) atoms. The number of aliphatic hydroxyl groups is 1. The second-order valence-electron chi connectivity index (χ2n) is 5.37. The largest absolute Gasteiger partial charge is 0.493 e. The predicted octanol–water partition coefficient (Wildman–Crippen LogP) is 0.727. The second kappa shape index (κ2) is 12.0. The highest BCUT2D eigenvalue weighted by Crippen LogP contribution is 2.38. The normalized spacial score (nSPS) is 10.3. The van der Waals surface area contributed by atoms with Crippen molar-refractivity contribution < 1.29 is 38.4 Å². The minimum Gasteiger partial charge on any atom is -0.493 e. The fraction of sp³-hybridized carbons (Fsp3) is 0.556. The van der Waals surface area contributed by atoms with Crippen LogP contribution in [0.1, 0.15) is 16.8 Å². The third-order valence-corrected chi connectivity index (χ3v) is 3.75. The molecule has 0 saturated carbocycles. The zero-order valence-electron chi connectivity index (χ0n) is 16.1. The molecule has 1 aromatic rings. The number of benzene rings is 1. The lowest BCUT2D eigenvalue weighted by atomic mass is 10.1. The molecule has 9 heteroatoms. The summed E-state index contributed by atoms with van der Waals surface area (Å²) in [4.78, 5) is 25.9. The van der Waals surface area contributed by atoms with Crippen LogP contribution < -0.4 is 14.2 Å². The molecule has 1 amide bonds. The summed E-state index contributed by atoms with van der Waals surface area (Å²) in [5.41, 5.74) is 0.316. The molecular weight excluding hydrogens is 358 g/mol. The monoisotopic (exact) mass is 385 g/mol. The molecule has 0 saturated heterocycles. The Kier molecular flexibility index (Phi) is 9.99. The van der Waals surface area contributed by atoms with Gasteiger partial charge in [-0.05, 0) is 12.1 Å². The third-order valence-electron chi connectivity index (χ3n) is 3.75. The lowest BCUT2D eigenvalue weighted by molar-refractivity contribution is -0.140. The minimum absolute atomic E-state index is 0.0483. The smallest absolute Gasteiger partial charge is 0.307 e. The lowest BCUT2D eigenvalue weighted by Crippen LogP contribution is -2.36. The van der Waals surface area contributed by atoms with Gasteiger partial charge in [0.25, 0.3) is 5.91 Å². The quantitative estimate of drug-likeness (QED) is 0.415. The van der Waals surface area contributed by atoms with Crippen LogP contribution in [0.3, 0.4) is 0 Å². The number of carbonyl (C=O) groups excluding carboxylic acids is 2. The van der Waals surface area contributed by atoms with Crippen LogP contribution in [0.5, 0.6) is 17.2 Å². The van der Waals surface area contributed by atoms with Gasteiger partial charge < -0.3 is 33.7 Å². The van der Waals surface area contributed by atoms with Crippen LogP contribution >= 0.6 is 0 Å². The molecule has 0 aliphatic heterocycles. The van der Waals surface area contributed by atoms with Crippen molar-refractivity contribution in [1.29, 1.82) is 0 Å². The predicted molar refractivity (Wildman–Crippen MR) is 96.5 cm³/mol. The van der Waals surface area contributed by atoms with Crippen molar-refractivity contribution in [2.45, 2.75) is 6.42 Å². The Hall–Kier alpha value is -2.52. The first-order valence-corrected chi connectivity index (χ1v) is 8.37. The van der Waals surface area contributed by atoms with Gasteiger partial charge in [-0.2, -0.15) is 0 Å². The number of hydrogen-bond acceptors (Lipinski definition) is 8. The van der Waals surface area contributed by atoms with Crippen molar-refractivity contribution in [3.05, 3.63) is 17.7 Å². The van der Waals surface area contributed by atoms with Crippen molar-refractivity contribution in [1.82, 2.24) is 4.90 Å². The van der Waals surface area contributed by atoms with Gasteiger partial charge >= 0.3 is 5.97 Å². The highest BCUT2D eigenvalue weighted by atomic mass is 16.5. The number of nitrogens with zero attached hydrogens (tertiary/aromatic N) is 1. The van der Waals surface area contributed by atoms with Gasteiger partial charge in [-0.15, -0.1) is 0 Å². The summed E-state index contributed by atoms with van der Waals surface area (Å²) >= 11 is 0. The SMILES string of the molecule is COC(=O)CCN(CCOCCO)C(=O)c1cc(OC)c(OC)c(OC)c1. The zero-order valence-corrected chi connectivity index (χ0v) is 16.1. The molecule has 0 aliphatic rings.